The molecule has 3 aliphatic heterocycles. The summed E-state index contributed by atoms with van der Waals surface area (Å²) in [6, 6.07) is 29.8. The van der Waals surface area contributed by atoms with Gasteiger partial charge < -0.3 is 15.0 Å². The van der Waals surface area contributed by atoms with Crippen LogP contribution in [-0.2, 0) is 10.2 Å². The molecule has 40 heavy (non-hydrogen) atoms. The summed E-state index contributed by atoms with van der Waals surface area (Å²) in [5.74, 6) is -1.25. The van der Waals surface area contributed by atoms with Gasteiger partial charge in [-0.3, -0.25) is 14.4 Å². The van der Waals surface area contributed by atoms with Crippen LogP contribution in [0.25, 0.3) is 6.08 Å². The maximum atomic E-state index is 14.8. The molecule has 0 aromatic heterocycles. The van der Waals surface area contributed by atoms with Crippen LogP contribution in [0.5, 0.6) is 5.75 Å². The van der Waals surface area contributed by atoms with E-state index < -0.39 is 23.4 Å². The fourth-order valence-corrected chi connectivity index (χ4v) is 6.90. The van der Waals surface area contributed by atoms with E-state index in [9.17, 15) is 14.4 Å². The number of hydrogen-bond donors (Lipinski definition) is 1. The second-order valence-corrected chi connectivity index (χ2v) is 10.4. The van der Waals surface area contributed by atoms with Crippen molar-refractivity contribution in [2.45, 2.75) is 17.5 Å². The van der Waals surface area contributed by atoms with Crippen molar-refractivity contribution in [1.29, 1.82) is 0 Å². The standard InChI is InChI=1S/C34H26N2O4/c1-40-24-14-9-13-23(20-24)30(37)28-29(31(38)22-11-3-2-4-12-22)36-19-18-21-10-5-6-15-25(21)32(36)34(28)26-16-7-8-17-27(26)35-33(34)39/h2-20,28-29,32H,1H3,(H,35,39)/t28-,29+,32-,34+/m0/s1. The van der Waals surface area contributed by atoms with Crippen LogP contribution in [0.4, 0.5) is 5.69 Å². The first-order chi connectivity index (χ1) is 19.6. The van der Waals surface area contributed by atoms with E-state index >= 15 is 0 Å². The molecule has 0 bridgehead atoms. The minimum atomic E-state index is -1.35. The van der Waals surface area contributed by atoms with Gasteiger partial charge in [0.05, 0.1) is 19.1 Å². The Bertz CT molecular complexity index is 1710. The summed E-state index contributed by atoms with van der Waals surface area (Å²) in [7, 11) is 1.55. The second-order valence-electron chi connectivity index (χ2n) is 10.4. The molecular formula is C34H26N2O4. The summed E-state index contributed by atoms with van der Waals surface area (Å²) in [5.41, 5.74) is 2.78. The summed E-state index contributed by atoms with van der Waals surface area (Å²) in [5, 5.41) is 3.07. The zero-order valence-corrected chi connectivity index (χ0v) is 21.8. The van der Waals surface area contributed by atoms with Crippen LogP contribution in [0.1, 0.15) is 43.4 Å². The van der Waals surface area contributed by atoms with Crippen LogP contribution < -0.4 is 10.1 Å². The number of anilines is 1. The van der Waals surface area contributed by atoms with E-state index in [1.807, 2.05) is 83.9 Å². The highest BCUT2D eigenvalue weighted by Crippen LogP contribution is 2.62. The number of Topliss-reactive ketones (excluding diaryl/α,β-unsaturated/α-hetero) is 2. The van der Waals surface area contributed by atoms with E-state index in [4.69, 9.17) is 4.74 Å². The van der Waals surface area contributed by atoms with Gasteiger partial charge in [0.2, 0.25) is 5.91 Å². The average Bonchev–Trinajstić information content (AvgIpc) is 3.49. The lowest BCUT2D eigenvalue weighted by Crippen LogP contribution is -2.49. The van der Waals surface area contributed by atoms with Crippen LogP contribution >= 0.6 is 0 Å². The topological polar surface area (TPSA) is 75.7 Å². The third-order valence-corrected chi connectivity index (χ3v) is 8.53. The van der Waals surface area contributed by atoms with Crippen LogP contribution in [0.15, 0.2) is 109 Å². The molecule has 4 aromatic carbocycles. The molecule has 0 aliphatic carbocycles. The van der Waals surface area contributed by atoms with E-state index in [0.29, 0.717) is 22.6 Å². The highest BCUT2D eigenvalue weighted by atomic mass is 16.5. The Balaban J connectivity index is 1.54. The third kappa shape index (κ3) is 3.26. The van der Waals surface area contributed by atoms with Gasteiger partial charge in [0.25, 0.3) is 0 Å². The summed E-state index contributed by atoms with van der Waals surface area (Å²) in [6.45, 7) is 0. The molecule has 1 fully saturated rings. The predicted molar refractivity (Wildman–Crippen MR) is 152 cm³/mol. The number of nitrogens with zero attached hydrogens (tertiary/aromatic N) is 1. The number of carbonyl (C=O) groups excluding carboxylic acids is 3. The number of ether oxygens (including phenoxy) is 1. The number of rotatable bonds is 5. The molecule has 4 atom stereocenters. The average molecular weight is 527 g/mol. The number of benzene rings is 4. The first-order valence-corrected chi connectivity index (χ1v) is 13.3. The number of ketones is 2. The van der Waals surface area contributed by atoms with E-state index in [2.05, 4.69) is 5.32 Å². The highest BCUT2D eigenvalue weighted by molar-refractivity contribution is 6.16. The molecule has 1 N–H and O–H groups in total. The molecular weight excluding hydrogens is 500 g/mol. The molecule has 196 valence electrons. The molecule has 4 aromatic rings. The first-order valence-electron chi connectivity index (χ1n) is 13.3. The van der Waals surface area contributed by atoms with Crippen molar-refractivity contribution >= 4 is 29.2 Å². The minimum absolute atomic E-state index is 0.204. The maximum absolute atomic E-state index is 14.8. The van der Waals surface area contributed by atoms with Gasteiger partial charge in [-0.25, -0.2) is 0 Å². The number of methoxy groups -OCH3 is 1. The zero-order valence-electron chi connectivity index (χ0n) is 21.8. The Morgan fingerprint density at radius 1 is 0.825 bits per heavy atom. The van der Waals surface area contributed by atoms with Gasteiger partial charge in [0.15, 0.2) is 11.6 Å². The molecule has 1 amide bonds. The lowest BCUT2D eigenvalue weighted by atomic mass is 9.62. The number of nitrogens with one attached hydrogen (secondary N) is 1. The third-order valence-electron chi connectivity index (χ3n) is 8.53. The number of hydrogen-bond acceptors (Lipinski definition) is 5. The monoisotopic (exact) mass is 526 g/mol. The number of fused-ring (bicyclic) bond motifs is 6. The van der Waals surface area contributed by atoms with Crippen LogP contribution in [0, 0.1) is 5.92 Å². The second kappa shape index (κ2) is 9.06. The number of para-hydroxylation sites is 1. The van der Waals surface area contributed by atoms with Gasteiger partial charge in [-0.15, -0.1) is 0 Å². The van der Waals surface area contributed by atoms with Crippen LogP contribution in [0.2, 0.25) is 0 Å². The summed E-state index contributed by atoms with van der Waals surface area (Å²) < 4.78 is 5.43. The van der Waals surface area contributed by atoms with Crippen molar-refractivity contribution in [1.82, 2.24) is 4.90 Å². The van der Waals surface area contributed by atoms with Crippen molar-refractivity contribution in [3.8, 4) is 5.75 Å². The van der Waals surface area contributed by atoms with Gasteiger partial charge in [0, 0.05) is 23.0 Å². The molecule has 0 radical (unpaired) electrons. The lowest BCUT2D eigenvalue weighted by molar-refractivity contribution is -0.122. The highest BCUT2D eigenvalue weighted by Gasteiger charge is 2.70. The largest absolute Gasteiger partial charge is 0.497 e. The molecule has 6 nitrogen and oxygen atoms in total. The minimum Gasteiger partial charge on any atom is -0.497 e. The Morgan fingerprint density at radius 3 is 2.38 bits per heavy atom. The molecule has 6 heteroatoms. The molecule has 1 saturated heterocycles. The Labute approximate surface area is 231 Å². The van der Waals surface area contributed by atoms with Gasteiger partial charge >= 0.3 is 0 Å². The summed E-state index contributed by atoms with van der Waals surface area (Å²) in [6.07, 6.45) is 3.84. The van der Waals surface area contributed by atoms with Crippen molar-refractivity contribution in [3.05, 3.63) is 137 Å². The number of carbonyl (C=O) groups is 3. The predicted octanol–water partition coefficient (Wildman–Crippen LogP) is 5.68. The van der Waals surface area contributed by atoms with Crippen LogP contribution in [-0.4, -0.2) is 35.5 Å². The lowest BCUT2D eigenvalue weighted by Gasteiger charge is -2.38. The molecule has 0 saturated carbocycles. The quantitative estimate of drug-likeness (QED) is 0.339. The van der Waals surface area contributed by atoms with Crippen LogP contribution in [0.3, 0.4) is 0 Å². The molecule has 1 spiro atoms. The van der Waals surface area contributed by atoms with E-state index in [-0.39, 0.29) is 17.5 Å². The maximum Gasteiger partial charge on any atom is 0.238 e. The van der Waals surface area contributed by atoms with Gasteiger partial charge in [0.1, 0.15) is 17.2 Å². The Hall–Kier alpha value is -4.97. The van der Waals surface area contributed by atoms with Gasteiger partial charge in [-0.05, 0) is 41.0 Å². The number of amides is 1. The summed E-state index contributed by atoms with van der Waals surface area (Å²) in [4.78, 5) is 45.6. The SMILES string of the molecule is COc1cccc(C(=O)[C@@H]2[C@H](C(=O)c3ccccc3)N3C=Cc4ccccc4[C@H]3[C@]23C(=O)Nc2ccccc23)c1. The van der Waals surface area contributed by atoms with E-state index in [1.54, 1.807) is 43.5 Å². The first kappa shape index (κ1) is 24.1. The van der Waals surface area contributed by atoms with E-state index in [1.165, 1.54) is 0 Å². The normalized spacial score (nSPS) is 23.8. The molecule has 0 unspecified atom stereocenters. The Kier molecular flexibility index (Phi) is 5.46. The van der Waals surface area contributed by atoms with E-state index in [0.717, 1.165) is 16.7 Å². The fourth-order valence-electron chi connectivity index (χ4n) is 6.90. The zero-order chi connectivity index (χ0) is 27.4. The molecule has 3 aliphatic rings. The van der Waals surface area contributed by atoms with Crippen molar-refractivity contribution in [3.63, 3.8) is 0 Å². The molecule has 7 rings (SSSR count). The molecule has 3 heterocycles. The van der Waals surface area contributed by atoms with Crippen molar-refractivity contribution in [2.24, 2.45) is 5.92 Å². The summed E-state index contributed by atoms with van der Waals surface area (Å²) >= 11 is 0. The van der Waals surface area contributed by atoms with Gasteiger partial charge in [-0.1, -0.05) is 84.9 Å². The van der Waals surface area contributed by atoms with Gasteiger partial charge in [-0.2, -0.15) is 0 Å². The Morgan fingerprint density at radius 2 is 1.55 bits per heavy atom. The van der Waals surface area contributed by atoms with Crippen molar-refractivity contribution < 1.29 is 19.1 Å². The fraction of sp³-hybridized carbons (Fsp3) is 0.147. The smallest absolute Gasteiger partial charge is 0.238 e. The van der Waals surface area contributed by atoms with Crippen molar-refractivity contribution in [2.75, 3.05) is 12.4 Å².